The molecule has 1 rings (SSSR count). The van der Waals surface area contributed by atoms with Crippen molar-refractivity contribution in [3.05, 3.63) is 28.8 Å². The summed E-state index contributed by atoms with van der Waals surface area (Å²) >= 11 is 5.86. The summed E-state index contributed by atoms with van der Waals surface area (Å²) < 4.78 is 26.8. The number of aryl methyl sites for hydroxylation is 1. The van der Waals surface area contributed by atoms with Crippen LogP contribution in [-0.4, -0.2) is 20.6 Å². The number of rotatable bonds is 5. The van der Waals surface area contributed by atoms with Gasteiger partial charge >= 0.3 is 0 Å². The van der Waals surface area contributed by atoms with E-state index >= 15 is 0 Å². The van der Waals surface area contributed by atoms with Crippen molar-refractivity contribution in [3.8, 4) is 0 Å². The molecule has 1 aromatic rings. The summed E-state index contributed by atoms with van der Waals surface area (Å²) in [6.45, 7) is 5.18. The van der Waals surface area contributed by atoms with E-state index in [1.807, 2.05) is 0 Å². The minimum atomic E-state index is -3.62. The van der Waals surface area contributed by atoms with E-state index in [4.69, 9.17) is 17.5 Å². The van der Waals surface area contributed by atoms with Crippen LogP contribution in [0.25, 0.3) is 0 Å². The summed E-state index contributed by atoms with van der Waals surface area (Å²) in [6.07, 6.45) is 0. The zero-order valence-electron chi connectivity index (χ0n) is 10.5. The van der Waals surface area contributed by atoms with Gasteiger partial charge in [-0.25, -0.2) is 19.0 Å². The molecule has 0 heterocycles. The smallest absolute Gasteiger partial charge is 0.241 e. The summed E-state index contributed by atoms with van der Waals surface area (Å²) in [4.78, 5) is 4.64. The molecular weight excluding hydrogens is 276 g/mol. The molecule has 0 amide bonds. The van der Waals surface area contributed by atoms with Crippen molar-refractivity contribution in [2.45, 2.75) is 31.2 Å². The van der Waals surface area contributed by atoms with Crippen molar-refractivity contribution < 1.29 is 13.3 Å². The lowest BCUT2D eigenvalue weighted by molar-refractivity contribution is 0.0929. The highest BCUT2D eigenvalue weighted by Gasteiger charge is 2.26. The third-order valence-corrected chi connectivity index (χ3v) is 4.41. The summed E-state index contributed by atoms with van der Waals surface area (Å²) in [5, 5.41) is 0.526. The summed E-state index contributed by atoms with van der Waals surface area (Å²) in [7, 11) is -3.62. The van der Waals surface area contributed by atoms with Gasteiger partial charge < -0.3 is 4.84 Å². The fourth-order valence-corrected chi connectivity index (χ4v) is 3.05. The Morgan fingerprint density at radius 2 is 2.06 bits per heavy atom. The first-order valence-electron chi connectivity index (χ1n) is 5.30. The number of benzene rings is 1. The Kier molecular flexibility index (Phi) is 4.74. The lowest BCUT2D eigenvalue weighted by atomic mass is 10.1. The van der Waals surface area contributed by atoms with Gasteiger partial charge in [0.15, 0.2) is 0 Å². The van der Waals surface area contributed by atoms with Gasteiger partial charge in [-0.3, -0.25) is 0 Å². The average Bonchev–Trinajstić information content (AvgIpc) is 2.20. The van der Waals surface area contributed by atoms with Gasteiger partial charge in [0, 0.05) is 5.02 Å². The van der Waals surface area contributed by atoms with Crippen molar-refractivity contribution in [2.24, 2.45) is 5.90 Å². The third kappa shape index (κ3) is 3.93. The molecule has 7 heteroatoms. The number of halogens is 1. The molecule has 0 atom stereocenters. The van der Waals surface area contributed by atoms with E-state index in [1.54, 1.807) is 26.8 Å². The molecule has 3 N–H and O–H groups in total. The standard InChI is InChI=1S/C11H17ClN2O3S/c1-8-6-9(4-5-10(8)12)18(15,16)14-11(2,3)7-17-13/h4-6,14H,7,13H2,1-3H3. The summed E-state index contributed by atoms with van der Waals surface area (Å²) in [5.41, 5.74) is -0.0892. The maximum absolute atomic E-state index is 12.1. The minimum absolute atomic E-state index is 0.0683. The van der Waals surface area contributed by atoms with Crippen LogP contribution in [0.5, 0.6) is 0 Å². The topological polar surface area (TPSA) is 81.4 Å². The SMILES string of the molecule is Cc1cc(S(=O)(=O)NC(C)(C)CON)ccc1Cl. The van der Waals surface area contributed by atoms with Gasteiger partial charge in [0.25, 0.3) is 0 Å². The first-order chi connectivity index (χ1) is 8.18. The molecule has 0 unspecified atom stereocenters. The fraction of sp³-hybridized carbons (Fsp3) is 0.455. The molecule has 102 valence electrons. The van der Waals surface area contributed by atoms with Crippen LogP contribution in [0.1, 0.15) is 19.4 Å². The molecule has 0 radical (unpaired) electrons. The number of nitrogens with two attached hydrogens (primary N) is 1. The van der Waals surface area contributed by atoms with E-state index < -0.39 is 15.6 Å². The first kappa shape index (κ1) is 15.4. The Labute approximate surface area is 112 Å². The number of hydrogen-bond acceptors (Lipinski definition) is 4. The van der Waals surface area contributed by atoms with Gasteiger partial charge in [-0.05, 0) is 44.5 Å². The van der Waals surface area contributed by atoms with Crippen LogP contribution in [0.2, 0.25) is 5.02 Å². The van der Waals surface area contributed by atoms with Crippen LogP contribution in [-0.2, 0) is 14.9 Å². The minimum Gasteiger partial charge on any atom is -0.303 e. The van der Waals surface area contributed by atoms with Crippen LogP contribution in [0, 0.1) is 6.92 Å². The Morgan fingerprint density at radius 1 is 1.44 bits per heavy atom. The molecule has 0 fully saturated rings. The Morgan fingerprint density at radius 3 is 2.56 bits per heavy atom. The predicted molar refractivity (Wildman–Crippen MR) is 70.7 cm³/mol. The molecule has 0 aromatic heterocycles. The quantitative estimate of drug-likeness (QED) is 0.808. The van der Waals surface area contributed by atoms with E-state index in [9.17, 15) is 8.42 Å². The predicted octanol–water partition coefficient (Wildman–Crippen LogP) is 1.60. The van der Waals surface area contributed by atoms with Crippen molar-refractivity contribution in [1.29, 1.82) is 0 Å². The van der Waals surface area contributed by atoms with E-state index in [-0.39, 0.29) is 11.5 Å². The zero-order chi connectivity index (χ0) is 14.0. The number of sulfonamides is 1. The van der Waals surface area contributed by atoms with Crippen molar-refractivity contribution in [2.75, 3.05) is 6.61 Å². The highest BCUT2D eigenvalue weighted by molar-refractivity contribution is 7.89. The largest absolute Gasteiger partial charge is 0.303 e. The Hall–Kier alpha value is -0.660. The maximum atomic E-state index is 12.1. The van der Waals surface area contributed by atoms with Crippen molar-refractivity contribution >= 4 is 21.6 Å². The molecule has 18 heavy (non-hydrogen) atoms. The molecule has 0 saturated carbocycles. The van der Waals surface area contributed by atoms with Gasteiger partial charge in [0.2, 0.25) is 10.0 Å². The zero-order valence-corrected chi connectivity index (χ0v) is 12.1. The molecule has 5 nitrogen and oxygen atoms in total. The second-order valence-electron chi connectivity index (χ2n) is 4.71. The van der Waals surface area contributed by atoms with Gasteiger partial charge in [0.1, 0.15) is 0 Å². The average molecular weight is 293 g/mol. The second kappa shape index (κ2) is 5.54. The molecule has 0 spiro atoms. The molecule has 0 saturated heterocycles. The molecular formula is C11H17ClN2O3S. The van der Waals surface area contributed by atoms with Crippen LogP contribution in [0.4, 0.5) is 0 Å². The third-order valence-electron chi connectivity index (χ3n) is 2.29. The van der Waals surface area contributed by atoms with Crippen LogP contribution < -0.4 is 10.6 Å². The molecule has 0 aliphatic heterocycles. The van der Waals surface area contributed by atoms with Crippen molar-refractivity contribution in [1.82, 2.24) is 4.72 Å². The van der Waals surface area contributed by atoms with E-state index in [0.717, 1.165) is 0 Å². The van der Waals surface area contributed by atoms with Crippen LogP contribution in [0.3, 0.4) is 0 Å². The van der Waals surface area contributed by atoms with Crippen LogP contribution in [0.15, 0.2) is 23.1 Å². The highest BCUT2D eigenvalue weighted by atomic mass is 35.5. The lowest BCUT2D eigenvalue weighted by Crippen LogP contribution is -2.47. The van der Waals surface area contributed by atoms with Gasteiger partial charge in [-0.2, -0.15) is 0 Å². The molecule has 0 bridgehead atoms. The Balaban J connectivity index is 3.03. The normalized spacial score (nSPS) is 12.7. The lowest BCUT2D eigenvalue weighted by Gasteiger charge is -2.24. The van der Waals surface area contributed by atoms with E-state index in [1.165, 1.54) is 12.1 Å². The second-order valence-corrected chi connectivity index (χ2v) is 6.80. The molecule has 0 aliphatic carbocycles. The van der Waals surface area contributed by atoms with Gasteiger partial charge in [-0.1, -0.05) is 11.6 Å². The fourth-order valence-electron chi connectivity index (χ4n) is 1.44. The van der Waals surface area contributed by atoms with E-state index in [0.29, 0.717) is 10.6 Å². The first-order valence-corrected chi connectivity index (χ1v) is 7.16. The molecule has 1 aromatic carbocycles. The summed E-state index contributed by atoms with van der Waals surface area (Å²) in [5.74, 6) is 4.96. The Bertz CT molecular complexity index is 529. The van der Waals surface area contributed by atoms with Gasteiger partial charge in [-0.15, -0.1) is 0 Å². The van der Waals surface area contributed by atoms with Crippen LogP contribution >= 0.6 is 11.6 Å². The number of nitrogens with one attached hydrogen (secondary N) is 1. The summed E-state index contributed by atoms with van der Waals surface area (Å²) in [6, 6.07) is 4.53. The van der Waals surface area contributed by atoms with Crippen molar-refractivity contribution in [3.63, 3.8) is 0 Å². The monoisotopic (exact) mass is 292 g/mol. The van der Waals surface area contributed by atoms with Gasteiger partial charge in [0.05, 0.1) is 17.0 Å². The van der Waals surface area contributed by atoms with E-state index in [2.05, 4.69) is 9.56 Å². The molecule has 0 aliphatic rings. The number of hydrogen-bond donors (Lipinski definition) is 2. The maximum Gasteiger partial charge on any atom is 0.241 e. The highest BCUT2D eigenvalue weighted by Crippen LogP contribution is 2.20.